The van der Waals surface area contributed by atoms with Gasteiger partial charge in [-0.15, -0.1) is 18.3 Å². The van der Waals surface area contributed by atoms with Gasteiger partial charge in [-0.3, -0.25) is 19.2 Å². The number of amides is 1. The zero-order chi connectivity index (χ0) is 29.4. The summed E-state index contributed by atoms with van der Waals surface area (Å²) in [4.78, 5) is 28.8. The number of ether oxygens (including phenoxy) is 1. The average molecular weight is 575 g/mol. The van der Waals surface area contributed by atoms with Gasteiger partial charge in [0.1, 0.15) is 11.4 Å². The van der Waals surface area contributed by atoms with Gasteiger partial charge < -0.3 is 4.74 Å². The van der Waals surface area contributed by atoms with Crippen LogP contribution in [0.4, 0.5) is 19.0 Å². The van der Waals surface area contributed by atoms with Crippen LogP contribution in [0.1, 0.15) is 53.0 Å². The van der Waals surface area contributed by atoms with Gasteiger partial charge in [0.25, 0.3) is 5.91 Å². The first kappa shape index (κ1) is 28.7. The minimum absolute atomic E-state index is 0.00183. The zero-order valence-corrected chi connectivity index (χ0v) is 22.7. The van der Waals surface area contributed by atoms with Crippen molar-refractivity contribution in [3.05, 3.63) is 94.3 Å². The summed E-state index contributed by atoms with van der Waals surface area (Å²) in [5.41, 5.74) is 1.15. The van der Waals surface area contributed by atoms with Gasteiger partial charge in [-0.05, 0) is 48.2 Å². The number of rotatable bonds is 8. The minimum Gasteiger partial charge on any atom is -0.406 e. The molecule has 1 aliphatic heterocycles. The predicted molar refractivity (Wildman–Crippen MR) is 140 cm³/mol. The van der Waals surface area contributed by atoms with Crippen molar-refractivity contribution in [2.45, 2.75) is 39.1 Å². The van der Waals surface area contributed by atoms with Gasteiger partial charge in [0.15, 0.2) is 11.6 Å². The lowest BCUT2D eigenvalue weighted by Gasteiger charge is -2.26. The van der Waals surface area contributed by atoms with Crippen LogP contribution in [0.25, 0.3) is 0 Å². The fourth-order valence-electron chi connectivity index (χ4n) is 4.24. The number of hydrogen-bond acceptors (Lipinski definition) is 7. The molecular weight excluding hydrogens is 549 g/mol. The van der Waals surface area contributed by atoms with E-state index in [4.69, 9.17) is 0 Å². The first-order chi connectivity index (χ1) is 18.6. The normalized spacial score (nSPS) is 16.1. The van der Waals surface area contributed by atoms with Gasteiger partial charge >= 0.3 is 6.36 Å². The standard InChI is InChI=1S/C27H25F3N4O5S/c1-15(2)17-6-8-19(9-7-17)25(35)22-23(33-40(4,37)38)26(36)34(21-14-5-16(3)31-32-21)24(22)18-10-12-20(13-11-18)39-27(28,29)30/h5-15,24,33H,1-4H3. The second-order valence-corrected chi connectivity index (χ2v) is 11.2. The molecule has 1 N–H and O–H groups in total. The smallest absolute Gasteiger partial charge is 0.406 e. The Morgan fingerprint density at radius 3 is 2.12 bits per heavy atom. The summed E-state index contributed by atoms with van der Waals surface area (Å²) in [5.74, 6) is -1.87. The highest BCUT2D eigenvalue weighted by Gasteiger charge is 2.46. The number of carbonyl (C=O) groups excluding carboxylic acids is 2. The summed E-state index contributed by atoms with van der Waals surface area (Å²) in [7, 11) is -4.04. The van der Waals surface area contributed by atoms with Crippen molar-refractivity contribution in [1.29, 1.82) is 0 Å². The molecule has 0 bridgehead atoms. The van der Waals surface area contributed by atoms with Crippen LogP contribution in [0.2, 0.25) is 0 Å². The summed E-state index contributed by atoms with van der Waals surface area (Å²) in [6.07, 6.45) is -4.09. The van der Waals surface area contributed by atoms with E-state index in [0.29, 0.717) is 5.69 Å². The van der Waals surface area contributed by atoms with Gasteiger partial charge in [0.05, 0.1) is 23.6 Å². The second kappa shape index (κ2) is 10.7. The molecule has 0 fully saturated rings. The molecule has 0 saturated heterocycles. The third-order valence-corrected chi connectivity index (χ3v) is 6.64. The second-order valence-electron chi connectivity index (χ2n) is 9.50. The molecule has 2 aromatic carbocycles. The van der Waals surface area contributed by atoms with E-state index in [-0.39, 0.29) is 28.4 Å². The molecule has 0 saturated carbocycles. The molecule has 210 valence electrons. The molecule has 13 heteroatoms. The van der Waals surface area contributed by atoms with E-state index in [2.05, 4.69) is 19.7 Å². The first-order valence-corrected chi connectivity index (χ1v) is 13.9. The number of sulfonamides is 1. The van der Waals surface area contributed by atoms with Crippen molar-refractivity contribution in [2.75, 3.05) is 11.2 Å². The van der Waals surface area contributed by atoms with Crippen molar-refractivity contribution in [1.82, 2.24) is 14.9 Å². The number of ketones is 1. The van der Waals surface area contributed by atoms with Gasteiger partial charge in [0, 0.05) is 5.56 Å². The highest BCUT2D eigenvalue weighted by molar-refractivity contribution is 7.88. The van der Waals surface area contributed by atoms with Gasteiger partial charge in [-0.25, -0.2) is 8.42 Å². The summed E-state index contributed by atoms with van der Waals surface area (Å²) in [5, 5.41) is 8.01. The Labute approximate surface area is 228 Å². The fourth-order valence-corrected chi connectivity index (χ4v) is 4.81. The maximum atomic E-state index is 14.0. The first-order valence-electron chi connectivity index (χ1n) is 12.0. The molecular formula is C27H25F3N4O5S. The van der Waals surface area contributed by atoms with Crippen LogP contribution < -0.4 is 14.4 Å². The lowest BCUT2D eigenvalue weighted by molar-refractivity contribution is -0.274. The summed E-state index contributed by atoms with van der Waals surface area (Å²) in [6.45, 7) is 5.63. The van der Waals surface area contributed by atoms with Crippen molar-refractivity contribution < 1.29 is 35.9 Å². The topological polar surface area (TPSA) is 119 Å². The van der Waals surface area contributed by atoms with Crippen molar-refractivity contribution >= 4 is 27.5 Å². The maximum Gasteiger partial charge on any atom is 0.573 e. The molecule has 0 radical (unpaired) electrons. The molecule has 1 aromatic heterocycles. The van der Waals surface area contributed by atoms with Crippen molar-refractivity contribution in [2.24, 2.45) is 0 Å². The van der Waals surface area contributed by atoms with E-state index in [9.17, 15) is 31.2 Å². The number of alkyl halides is 3. The number of nitrogens with zero attached hydrogens (tertiary/aromatic N) is 3. The van der Waals surface area contributed by atoms with E-state index in [0.717, 1.165) is 28.9 Å². The van der Waals surface area contributed by atoms with E-state index in [1.807, 2.05) is 13.8 Å². The highest BCUT2D eigenvalue weighted by Crippen LogP contribution is 2.42. The molecule has 2 heterocycles. The number of halogens is 3. The largest absolute Gasteiger partial charge is 0.573 e. The third kappa shape index (κ3) is 6.30. The van der Waals surface area contributed by atoms with Gasteiger partial charge in [-0.2, -0.15) is 5.10 Å². The Kier molecular flexibility index (Phi) is 7.70. The van der Waals surface area contributed by atoms with Crippen LogP contribution in [0, 0.1) is 6.92 Å². The number of benzene rings is 2. The SMILES string of the molecule is Cc1ccc(N2C(=O)C(NS(C)(=O)=O)=C(C(=O)c3ccc(C(C)C)cc3)C2c2ccc(OC(F)(F)F)cc2)nn1. The van der Waals surface area contributed by atoms with Crippen LogP contribution in [0.5, 0.6) is 5.75 Å². The molecule has 0 spiro atoms. The summed E-state index contributed by atoms with van der Waals surface area (Å²) in [6, 6.07) is 13.0. The van der Waals surface area contributed by atoms with Crippen LogP contribution in [-0.4, -0.2) is 42.9 Å². The van der Waals surface area contributed by atoms with E-state index in [1.165, 1.54) is 18.2 Å². The molecule has 1 atom stereocenters. The lowest BCUT2D eigenvalue weighted by atomic mass is 9.91. The van der Waals surface area contributed by atoms with Gasteiger partial charge in [-0.1, -0.05) is 50.2 Å². The monoisotopic (exact) mass is 574 g/mol. The van der Waals surface area contributed by atoms with Crippen molar-refractivity contribution in [3.63, 3.8) is 0 Å². The number of hydrogen-bond donors (Lipinski definition) is 1. The fraction of sp³-hybridized carbons (Fsp3) is 0.259. The Balaban J connectivity index is 1.91. The molecule has 9 nitrogen and oxygen atoms in total. The highest BCUT2D eigenvalue weighted by atomic mass is 32.2. The Morgan fingerprint density at radius 2 is 1.62 bits per heavy atom. The van der Waals surface area contributed by atoms with Crippen LogP contribution >= 0.6 is 0 Å². The third-order valence-electron chi connectivity index (χ3n) is 6.07. The van der Waals surface area contributed by atoms with E-state index in [1.54, 1.807) is 37.3 Å². The number of aromatic nitrogens is 2. The predicted octanol–water partition coefficient (Wildman–Crippen LogP) is 4.58. The van der Waals surface area contributed by atoms with E-state index < -0.39 is 45.6 Å². The summed E-state index contributed by atoms with van der Waals surface area (Å²) < 4.78 is 68.9. The minimum atomic E-state index is -4.93. The van der Waals surface area contributed by atoms with Crippen LogP contribution in [-0.2, 0) is 14.8 Å². The number of anilines is 1. The maximum absolute atomic E-state index is 14.0. The lowest BCUT2D eigenvalue weighted by Crippen LogP contribution is -2.34. The number of Topliss-reactive ketones (excluding diaryl/α,β-unsaturated/α-hetero) is 1. The quantitative estimate of drug-likeness (QED) is 0.391. The number of carbonyl (C=O) groups is 2. The molecule has 1 unspecified atom stereocenters. The molecule has 4 rings (SSSR count). The molecule has 1 amide bonds. The van der Waals surface area contributed by atoms with Crippen LogP contribution in [0.3, 0.4) is 0 Å². The number of aryl methyl sites for hydroxylation is 1. The Bertz CT molecular complexity index is 1570. The van der Waals surface area contributed by atoms with Crippen LogP contribution in [0.15, 0.2) is 71.9 Å². The zero-order valence-electron chi connectivity index (χ0n) is 21.9. The molecule has 40 heavy (non-hydrogen) atoms. The summed E-state index contributed by atoms with van der Waals surface area (Å²) >= 11 is 0. The van der Waals surface area contributed by atoms with Crippen molar-refractivity contribution in [3.8, 4) is 5.75 Å². The number of nitrogens with one attached hydrogen (secondary N) is 1. The molecule has 1 aliphatic rings. The molecule has 0 aliphatic carbocycles. The molecule has 3 aromatic rings. The van der Waals surface area contributed by atoms with Gasteiger partial charge in [0.2, 0.25) is 10.0 Å². The Morgan fingerprint density at radius 1 is 1.00 bits per heavy atom. The Hall–Kier alpha value is -4.26. The van der Waals surface area contributed by atoms with E-state index >= 15 is 0 Å². The average Bonchev–Trinajstić information content (AvgIpc) is 3.14.